The molecule has 138 valence electrons. The zero-order valence-corrected chi connectivity index (χ0v) is 15.1. The van der Waals surface area contributed by atoms with E-state index < -0.39 is 5.97 Å². The molecule has 2 aromatic rings. The second-order valence-corrected chi connectivity index (χ2v) is 6.29. The average molecular weight is 366 g/mol. The number of carbonyl (C=O) groups excluding carboxylic acids is 3. The minimum absolute atomic E-state index is 0.156. The minimum Gasteiger partial charge on any atom is -0.465 e. The highest BCUT2D eigenvalue weighted by Gasteiger charge is 2.28. The third-order valence-corrected chi connectivity index (χ3v) is 3.96. The molecule has 1 heterocycles. The standard InChI is InChI=1S/C21H18O6/c1-12(2)20(23)26-15-8-9-16-17(11-15)27-18(19(16)22)10-13-4-6-14(7-5-13)21(24)25-3/h4-12H,1-3H3/b18-10-. The van der Waals surface area contributed by atoms with Crippen LogP contribution in [0.5, 0.6) is 11.5 Å². The number of ketones is 1. The zero-order valence-electron chi connectivity index (χ0n) is 15.1. The van der Waals surface area contributed by atoms with E-state index in [1.807, 2.05) is 0 Å². The highest BCUT2D eigenvalue weighted by atomic mass is 16.5. The van der Waals surface area contributed by atoms with E-state index in [-0.39, 0.29) is 23.4 Å². The molecule has 0 radical (unpaired) electrons. The van der Waals surface area contributed by atoms with Gasteiger partial charge in [-0.1, -0.05) is 26.0 Å². The summed E-state index contributed by atoms with van der Waals surface area (Å²) in [6, 6.07) is 11.2. The molecule has 6 heteroatoms. The average Bonchev–Trinajstić information content (AvgIpc) is 2.96. The number of fused-ring (bicyclic) bond motifs is 1. The van der Waals surface area contributed by atoms with Gasteiger partial charge in [-0.05, 0) is 35.9 Å². The van der Waals surface area contributed by atoms with Crippen molar-refractivity contribution in [2.45, 2.75) is 13.8 Å². The predicted molar refractivity (Wildman–Crippen MR) is 97.6 cm³/mol. The number of carbonyl (C=O) groups is 3. The van der Waals surface area contributed by atoms with Crippen LogP contribution in [0.25, 0.3) is 6.08 Å². The number of hydrogen-bond acceptors (Lipinski definition) is 6. The van der Waals surface area contributed by atoms with Crippen molar-refractivity contribution in [2.24, 2.45) is 5.92 Å². The fraction of sp³-hybridized carbons (Fsp3) is 0.190. The van der Waals surface area contributed by atoms with Crippen molar-refractivity contribution >= 4 is 23.8 Å². The van der Waals surface area contributed by atoms with E-state index in [2.05, 4.69) is 4.74 Å². The molecule has 0 saturated carbocycles. The van der Waals surface area contributed by atoms with Crippen molar-refractivity contribution in [1.82, 2.24) is 0 Å². The van der Waals surface area contributed by atoms with Gasteiger partial charge in [0.15, 0.2) is 5.76 Å². The molecule has 0 bridgehead atoms. The molecule has 1 aliphatic heterocycles. The van der Waals surface area contributed by atoms with Gasteiger partial charge in [0.25, 0.3) is 0 Å². The lowest BCUT2D eigenvalue weighted by atomic mass is 10.1. The molecule has 6 nitrogen and oxygen atoms in total. The third kappa shape index (κ3) is 3.89. The van der Waals surface area contributed by atoms with E-state index in [1.165, 1.54) is 13.2 Å². The van der Waals surface area contributed by atoms with E-state index in [0.717, 1.165) is 0 Å². The molecule has 0 N–H and O–H groups in total. The fourth-order valence-corrected chi connectivity index (χ4v) is 2.45. The number of ether oxygens (including phenoxy) is 3. The van der Waals surface area contributed by atoms with Crippen LogP contribution in [-0.2, 0) is 9.53 Å². The van der Waals surface area contributed by atoms with Gasteiger partial charge in [0, 0.05) is 6.07 Å². The Kier molecular flexibility index (Phi) is 5.07. The first-order chi connectivity index (χ1) is 12.9. The quantitative estimate of drug-likeness (QED) is 0.467. The van der Waals surface area contributed by atoms with Gasteiger partial charge in [-0.3, -0.25) is 9.59 Å². The van der Waals surface area contributed by atoms with Gasteiger partial charge in [-0.15, -0.1) is 0 Å². The molecule has 27 heavy (non-hydrogen) atoms. The Labute approximate surface area is 156 Å². The summed E-state index contributed by atoms with van der Waals surface area (Å²) in [5.41, 5.74) is 1.51. The van der Waals surface area contributed by atoms with Gasteiger partial charge >= 0.3 is 11.9 Å². The summed E-state index contributed by atoms with van der Waals surface area (Å²) in [7, 11) is 1.31. The number of Topliss-reactive ketones (excluding diaryl/α,β-unsaturated/α-hetero) is 1. The first-order valence-corrected chi connectivity index (χ1v) is 8.37. The molecule has 0 aliphatic carbocycles. The van der Waals surface area contributed by atoms with Gasteiger partial charge in [0.05, 0.1) is 24.2 Å². The first kappa shape index (κ1) is 18.4. The van der Waals surface area contributed by atoms with Crippen molar-refractivity contribution in [3.63, 3.8) is 0 Å². The Morgan fingerprint density at radius 2 is 1.78 bits per heavy atom. The maximum Gasteiger partial charge on any atom is 0.337 e. The zero-order chi connectivity index (χ0) is 19.6. The number of hydrogen-bond donors (Lipinski definition) is 0. The fourth-order valence-electron chi connectivity index (χ4n) is 2.45. The third-order valence-electron chi connectivity index (χ3n) is 3.96. The van der Waals surface area contributed by atoms with Gasteiger partial charge in [0.1, 0.15) is 11.5 Å². The van der Waals surface area contributed by atoms with Crippen LogP contribution in [0.2, 0.25) is 0 Å². The van der Waals surface area contributed by atoms with E-state index >= 15 is 0 Å². The Morgan fingerprint density at radius 1 is 1.07 bits per heavy atom. The highest BCUT2D eigenvalue weighted by molar-refractivity contribution is 6.14. The van der Waals surface area contributed by atoms with Crippen LogP contribution >= 0.6 is 0 Å². The van der Waals surface area contributed by atoms with Crippen molar-refractivity contribution in [3.8, 4) is 11.5 Å². The summed E-state index contributed by atoms with van der Waals surface area (Å²) in [6.07, 6.45) is 1.59. The number of methoxy groups -OCH3 is 1. The van der Waals surface area contributed by atoms with Crippen molar-refractivity contribution in [2.75, 3.05) is 7.11 Å². The molecule has 0 amide bonds. The monoisotopic (exact) mass is 366 g/mol. The molecular formula is C21H18O6. The van der Waals surface area contributed by atoms with E-state index in [9.17, 15) is 14.4 Å². The molecule has 0 saturated heterocycles. The maximum absolute atomic E-state index is 12.5. The second-order valence-electron chi connectivity index (χ2n) is 6.29. The second kappa shape index (κ2) is 7.45. The topological polar surface area (TPSA) is 78.9 Å². The lowest BCUT2D eigenvalue weighted by molar-refractivity contribution is -0.137. The molecule has 0 aromatic heterocycles. The number of rotatable bonds is 4. The smallest absolute Gasteiger partial charge is 0.337 e. The lowest BCUT2D eigenvalue weighted by Gasteiger charge is -2.07. The van der Waals surface area contributed by atoms with Crippen LogP contribution in [0.3, 0.4) is 0 Å². The van der Waals surface area contributed by atoms with Crippen LogP contribution in [0.1, 0.15) is 40.1 Å². The number of allylic oxidation sites excluding steroid dienone is 1. The molecule has 2 aromatic carbocycles. The van der Waals surface area contributed by atoms with Gasteiger partial charge in [-0.25, -0.2) is 4.79 Å². The Bertz CT molecular complexity index is 938. The number of esters is 2. The van der Waals surface area contributed by atoms with Crippen LogP contribution in [-0.4, -0.2) is 24.8 Å². The molecule has 1 aliphatic rings. The van der Waals surface area contributed by atoms with Crippen molar-refractivity contribution < 1.29 is 28.6 Å². The maximum atomic E-state index is 12.5. The van der Waals surface area contributed by atoms with Crippen molar-refractivity contribution in [1.29, 1.82) is 0 Å². The molecule has 3 rings (SSSR count). The van der Waals surface area contributed by atoms with Crippen LogP contribution < -0.4 is 9.47 Å². The van der Waals surface area contributed by atoms with Crippen LogP contribution in [0, 0.1) is 5.92 Å². The van der Waals surface area contributed by atoms with Gasteiger partial charge in [-0.2, -0.15) is 0 Å². The molecule has 0 atom stereocenters. The Morgan fingerprint density at radius 3 is 2.41 bits per heavy atom. The molecule has 0 spiro atoms. The SMILES string of the molecule is COC(=O)c1ccc(/C=C2\Oc3cc(OC(=O)C(C)C)ccc3C2=O)cc1. The summed E-state index contributed by atoms with van der Waals surface area (Å²) in [6.45, 7) is 3.48. The lowest BCUT2D eigenvalue weighted by Crippen LogP contribution is -2.14. The van der Waals surface area contributed by atoms with Crippen molar-refractivity contribution in [3.05, 3.63) is 64.9 Å². The minimum atomic E-state index is -0.432. The van der Waals surface area contributed by atoms with Crippen LogP contribution in [0.4, 0.5) is 0 Å². The van der Waals surface area contributed by atoms with Crippen LogP contribution in [0.15, 0.2) is 48.2 Å². The summed E-state index contributed by atoms with van der Waals surface area (Å²) >= 11 is 0. The van der Waals surface area contributed by atoms with E-state index in [4.69, 9.17) is 9.47 Å². The summed E-state index contributed by atoms with van der Waals surface area (Å²) < 4.78 is 15.5. The molecule has 0 unspecified atom stereocenters. The first-order valence-electron chi connectivity index (χ1n) is 8.37. The largest absolute Gasteiger partial charge is 0.465 e. The van der Waals surface area contributed by atoms with E-state index in [1.54, 1.807) is 56.3 Å². The Balaban J connectivity index is 1.80. The molecular weight excluding hydrogens is 348 g/mol. The summed E-state index contributed by atoms with van der Waals surface area (Å²) in [5.74, 6) is -0.495. The number of benzene rings is 2. The Hall–Kier alpha value is -3.41. The summed E-state index contributed by atoms with van der Waals surface area (Å²) in [5, 5.41) is 0. The molecule has 0 fully saturated rings. The van der Waals surface area contributed by atoms with Gasteiger partial charge < -0.3 is 14.2 Å². The van der Waals surface area contributed by atoms with E-state index in [0.29, 0.717) is 28.2 Å². The summed E-state index contributed by atoms with van der Waals surface area (Å²) in [4.78, 5) is 35.7. The normalized spacial score (nSPS) is 14.1. The predicted octanol–water partition coefficient (Wildman–Crippen LogP) is 3.65. The van der Waals surface area contributed by atoms with Gasteiger partial charge in [0.2, 0.25) is 5.78 Å². The highest BCUT2D eigenvalue weighted by Crippen LogP contribution is 2.35.